The first-order valence-electron chi connectivity index (χ1n) is 10.2. The summed E-state index contributed by atoms with van der Waals surface area (Å²) in [6.45, 7) is 0.183. The molecule has 11 heteroatoms. The number of carboxylic acid groups (broad SMARTS) is 1. The third-order valence-corrected chi connectivity index (χ3v) is 6.56. The van der Waals surface area contributed by atoms with Crippen LogP contribution < -0.4 is 15.0 Å². The third kappa shape index (κ3) is 5.53. The second kappa shape index (κ2) is 10.7. The maximum absolute atomic E-state index is 13.3. The number of carbonyl (C=O) groups excluding carboxylic acids is 2. The molecule has 0 aromatic heterocycles. The fraction of sp³-hybridized carbons (Fsp3) is 0.0400. The zero-order chi connectivity index (χ0) is 26.0. The lowest BCUT2D eigenvalue weighted by Gasteiger charge is -2.28. The minimum absolute atomic E-state index is 0.101. The molecular formula is C25H15Br2FN2O5S. The van der Waals surface area contributed by atoms with E-state index in [1.807, 2.05) is 0 Å². The van der Waals surface area contributed by atoms with Crippen LogP contribution in [0.5, 0.6) is 5.75 Å². The molecule has 3 aromatic rings. The van der Waals surface area contributed by atoms with Crippen LogP contribution in [0.15, 0.2) is 75.2 Å². The molecule has 0 unspecified atom stereocenters. The number of ether oxygens (including phenoxy) is 1. The van der Waals surface area contributed by atoms with E-state index in [9.17, 15) is 18.8 Å². The first-order chi connectivity index (χ1) is 17.1. The molecule has 2 N–H and O–H groups in total. The topological polar surface area (TPSA) is 95.9 Å². The second-order valence-electron chi connectivity index (χ2n) is 7.54. The van der Waals surface area contributed by atoms with Gasteiger partial charge in [0.05, 0.1) is 20.2 Å². The number of amides is 2. The molecule has 0 radical (unpaired) electrons. The highest BCUT2D eigenvalue weighted by Crippen LogP contribution is 2.36. The number of carbonyl (C=O) groups is 3. The molecular weight excluding hydrogens is 619 g/mol. The van der Waals surface area contributed by atoms with E-state index < -0.39 is 23.6 Å². The van der Waals surface area contributed by atoms with Gasteiger partial charge in [-0.25, -0.2) is 9.18 Å². The van der Waals surface area contributed by atoms with Gasteiger partial charge >= 0.3 is 5.97 Å². The molecule has 0 aliphatic carbocycles. The number of halogens is 3. The summed E-state index contributed by atoms with van der Waals surface area (Å²) in [5.74, 6) is -2.30. The van der Waals surface area contributed by atoms with Gasteiger partial charge in [-0.1, -0.05) is 12.1 Å². The summed E-state index contributed by atoms with van der Waals surface area (Å²) in [5, 5.41) is 11.4. The lowest BCUT2D eigenvalue weighted by molar-refractivity contribution is -0.122. The highest BCUT2D eigenvalue weighted by molar-refractivity contribution is 9.11. The number of nitrogens with zero attached hydrogens (tertiary/aromatic N) is 1. The Balaban J connectivity index is 1.57. The summed E-state index contributed by atoms with van der Waals surface area (Å²) in [4.78, 5) is 37.8. The Labute approximate surface area is 226 Å². The van der Waals surface area contributed by atoms with E-state index in [4.69, 9.17) is 22.1 Å². The number of nitrogens with one attached hydrogen (secondary N) is 1. The summed E-state index contributed by atoms with van der Waals surface area (Å²) >= 11 is 12.0. The van der Waals surface area contributed by atoms with Crippen molar-refractivity contribution in [3.63, 3.8) is 0 Å². The third-order valence-electron chi connectivity index (χ3n) is 5.10. The number of hydrogen-bond acceptors (Lipinski definition) is 5. The minimum Gasteiger partial charge on any atom is -0.487 e. The van der Waals surface area contributed by atoms with Crippen molar-refractivity contribution in [2.24, 2.45) is 0 Å². The van der Waals surface area contributed by atoms with Gasteiger partial charge in [-0.15, -0.1) is 0 Å². The molecule has 1 fully saturated rings. The molecule has 3 aromatic carbocycles. The molecule has 1 aliphatic heterocycles. The zero-order valence-electron chi connectivity index (χ0n) is 18.1. The highest BCUT2D eigenvalue weighted by atomic mass is 79.9. The monoisotopic (exact) mass is 632 g/mol. The number of rotatable bonds is 6. The Morgan fingerprint density at radius 2 is 1.67 bits per heavy atom. The summed E-state index contributed by atoms with van der Waals surface area (Å²) in [5.41, 5.74) is 1.64. The fourth-order valence-electron chi connectivity index (χ4n) is 3.35. The van der Waals surface area contributed by atoms with Crippen LogP contribution in [0.3, 0.4) is 0 Å². The molecule has 0 spiro atoms. The van der Waals surface area contributed by atoms with E-state index >= 15 is 0 Å². The van der Waals surface area contributed by atoms with E-state index in [1.54, 1.807) is 24.3 Å². The molecule has 36 heavy (non-hydrogen) atoms. The predicted molar refractivity (Wildman–Crippen MR) is 142 cm³/mol. The number of benzene rings is 3. The van der Waals surface area contributed by atoms with E-state index in [0.717, 1.165) is 10.5 Å². The average Bonchev–Trinajstić information content (AvgIpc) is 2.82. The van der Waals surface area contributed by atoms with Gasteiger partial charge < -0.3 is 9.84 Å². The molecule has 1 aliphatic rings. The first-order valence-corrected chi connectivity index (χ1v) is 12.2. The van der Waals surface area contributed by atoms with Gasteiger partial charge in [0, 0.05) is 0 Å². The summed E-state index contributed by atoms with van der Waals surface area (Å²) in [6.07, 6.45) is 1.42. The zero-order valence-corrected chi connectivity index (χ0v) is 22.1. The van der Waals surface area contributed by atoms with Gasteiger partial charge in [0.2, 0.25) is 0 Å². The van der Waals surface area contributed by atoms with Crippen molar-refractivity contribution in [2.75, 3.05) is 4.90 Å². The second-order valence-corrected chi connectivity index (χ2v) is 9.63. The normalized spacial score (nSPS) is 14.7. The molecule has 4 rings (SSSR count). The number of thiocarbonyl (C=S) groups is 1. The number of aromatic carboxylic acids is 1. The lowest BCUT2D eigenvalue weighted by Crippen LogP contribution is -2.54. The van der Waals surface area contributed by atoms with Gasteiger partial charge in [-0.05, 0) is 110 Å². The van der Waals surface area contributed by atoms with Crippen LogP contribution in [-0.2, 0) is 16.2 Å². The van der Waals surface area contributed by atoms with Crippen LogP contribution in [0.1, 0.15) is 21.5 Å². The molecule has 1 saturated heterocycles. The summed E-state index contributed by atoms with van der Waals surface area (Å²) in [6, 6.07) is 14.8. The molecule has 182 valence electrons. The minimum atomic E-state index is -1.01. The van der Waals surface area contributed by atoms with Crippen LogP contribution in [0, 0.1) is 5.82 Å². The summed E-state index contributed by atoms with van der Waals surface area (Å²) in [7, 11) is 0. The summed E-state index contributed by atoms with van der Waals surface area (Å²) < 4.78 is 20.3. The van der Waals surface area contributed by atoms with Crippen molar-refractivity contribution in [1.82, 2.24) is 5.32 Å². The first kappa shape index (κ1) is 25.7. The van der Waals surface area contributed by atoms with Crippen LogP contribution >= 0.6 is 44.1 Å². The maximum atomic E-state index is 13.3. The van der Waals surface area contributed by atoms with E-state index in [1.165, 1.54) is 42.5 Å². The Morgan fingerprint density at radius 3 is 2.25 bits per heavy atom. The average molecular weight is 634 g/mol. The number of carboxylic acids is 1. The Bertz CT molecular complexity index is 1400. The molecule has 0 saturated carbocycles. The Morgan fingerprint density at radius 1 is 1.06 bits per heavy atom. The van der Waals surface area contributed by atoms with Crippen LogP contribution in [-0.4, -0.2) is 28.0 Å². The van der Waals surface area contributed by atoms with Crippen molar-refractivity contribution in [2.45, 2.75) is 6.61 Å². The van der Waals surface area contributed by atoms with Crippen molar-refractivity contribution < 1.29 is 28.6 Å². The van der Waals surface area contributed by atoms with Gasteiger partial charge in [0.25, 0.3) is 11.8 Å². The van der Waals surface area contributed by atoms with Gasteiger partial charge in [0.1, 0.15) is 23.7 Å². The Hall–Kier alpha value is -3.41. The van der Waals surface area contributed by atoms with E-state index in [2.05, 4.69) is 37.2 Å². The fourth-order valence-corrected chi connectivity index (χ4v) is 5.08. The molecule has 7 nitrogen and oxygen atoms in total. The van der Waals surface area contributed by atoms with E-state index in [-0.39, 0.29) is 22.9 Å². The van der Waals surface area contributed by atoms with Crippen LogP contribution in [0.25, 0.3) is 6.08 Å². The smallest absolute Gasteiger partial charge is 0.335 e. The van der Waals surface area contributed by atoms with Gasteiger partial charge in [-0.2, -0.15) is 0 Å². The lowest BCUT2D eigenvalue weighted by atomic mass is 10.1. The Kier molecular flexibility index (Phi) is 7.62. The molecule has 2 amide bonds. The number of hydrogen-bond donors (Lipinski definition) is 2. The molecule has 0 bridgehead atoms. The van der Waals surface area contributed by atoms with E-state index in [0.29, 0.717) is 25.9 Å². The SMILES string of the molecule is O=C1NC(=S)N(c2ccc(F)cc2)C(=O)C1=Cc1cc(Br)c(OCc2ccc(C(=O)O)cc2)c(Br)c1. The maximum Gasteiger partial charge on any atom is 0.335 e. The predicted octanol–water partition coefficient (Wildman–Crippen LogP) is 5.46. The molecule has 1 heterocycles. The largest absolute Gasteiger partial charge is 0.487 e. The van der Waals surface area contributed by atoms with Crippen LogP contribution in [0.2, 0.25) is 0 Å². The van der Waals surface area contributed by atoms with Crippen molar-refractivity contribution in [3.05, 3.63) is 97.7 Å². The van der Waals surface area contributed by atoms with Gasteiger partial charge in [0.15, 0.2) is 5.11 Å². The van der Waals surface area contributed by atoms with Crippen molar-refractivity contribution in [1.29, 1.82) is 0 Å². The quantitative estimate of drug-likeness (QED) is 0.213. The van der Waals surface area contributed by atoms with Gasteiger partial charge in [-0.3, -0.25) is 19.8 Å². The van der Waals surface area contributed by atoms with Crippen molar-refractivity contribution >= 4 is 78.7 Å². The number of anilines is 1. The van der Waals surface area contributed by atoms with Crippen LogP contribution in [0.4, 0.5) is 10.1 Å². The molecule has 0 atom stereocenters. The standard InChI is InChI=1S/C25H15Br2FN2O5S/c26-19-10-14(11-20(27)21(19)35-12-13-1-3-15(4-2-13)24(33)34)9-18-22(31)29-25(36)30(23(18)32)17-7-5-16(28)6-8-17/h1-11H,12H2,(H,33,34)(H,29,31,36). The highest BCUT2D eigenvalue weighted by Gasteiger charge is 2.34. The van der Waals surface area contributed by atoms with Crippen molar-refractivity contribution in [3.8, 4) is 5.75 Å².